The summed E-state index contributed by atoms with van der Waals surface area (Å²) in [7, 11) is -2.36. The van der Waals surface area contributed by atoms with E-state index in [9.17, 15) is 52.8 Å². The van der Waals surface area contributed by atoms with Gasteiger partial charge in [-0.15, -0.1) is 0 Å². The number of nitrogens with zero attached hydrogens (tertiary/aromatic N) is 9. The summed E-state index contributed by atoms with van der Waals surface area (Å²) in [5.41, 5.74) is 3.19. The van der Waals surface area contributed by atoms with Gasteiger partial charge in [0, 0.05) is 75.2 Å². The molecule has 0 saturated carbocycles. The van der Waals surface area contributed by atoms with Gasteiger partial charge >= 0.3 is 42.7 Å². The summed E-state index contributed by atoms with van der Waals surface area (Å²) in [5, 5.41) is 32.0. The fraction of sp³-hybridized carbons (Fsp3) is 0.564. The average molecular weight is 2240 g/mol. The summed E-state index contributed by atoms with van der Waals surface area (Å²) in [5.74, 6) is -0.269. The first-order valence-electron chi connectivity index (χ1n) is 46.8. The molecule has 20 atom stereocenters. The van der Waals surface area contributed by atoms with E-state index in [1.54, 1.807) is 131 Å². The molecule has 51 heteroatoms. The van der Waals surface area contributed by atoms with Gasteiger partial charge in [0.05, 0.1) is 65.6 Å². The third-order valence-electron chi connectivity index (χ3n) is 23.5. The molecule has 8 fully saturated rings. The Morgan fingerprint density at radius 3 is 1.17 bits per heavy atom. The Labute approximate surface area is 872 Å². The number of amides is 1. The summed E-state index contributed by atoms with van der Waals surface area (Å²) >= 11 is 0. The number of ketones is 1. The predicted molar refractivity (Wildman–Crippen MR) is 554 cm³/mol. The van der Waals surface area contributed by atoms with Gasteiger partial charge in [-0.05, 0) is 159 Å². The van der Waals surface area contributed by atoms with Crippen molar-refractivity contribution in [3.63, 3.8) is 0 Å². The summed E-state index contributed by atoms with van der Waals surface area (Å²) in [6.45, 7) is 34.0. The molecule has 0 aliphatic carbocycles. The van der Waals surface area contributed by atoms with Gasteiger partial charge in [0.15, 0.2) is 53.5 Å². The van der Waals surface area contributed by atoms with Crippen LogP contribution in [0.3, 0.4) is 0 Å². The minimum absolute atomic E-state index is 0.0136. The van der Waals surface area contributed by atoms with Gasteiger partial charge in [-0.2, -0.15) is 9.97 Å². The van der Waals surface area contributed by atoms with Gasteiger partial charge in [0.25, 0.3) is 0 Å². The van der Waals surface area contributed by atoms with Gasteiger partial charge in [0.2, 0.25) is 5.91 Å². The minimum atomic E-state index is -4.09. The Balaban J connectivity index is 0.000000153. The van der Waals surface area contributed by atoms with Crippen molar-refractivity contribution in [1.29, 1.82) is 0 Å². The monoisotopic (exact) mass is 2240 g/mol. The number of aliphatic hydroxyl groups is 3. The van der Waals surface area contributed by atoms with Crippen LogP contribution in [0.4, 0.5) is 14.6 Å². The zero-order valence-electron chi connectivity index (χ0n) is 83.4. The third-order valence-corrected chi connectivity index (χ3v) is 43.1. The van der Waals surface area contributed by atoms with E-state index in [-0.39, 0.29) is 96.5 Å². The molecule has 13 heterocycles. The van der Waals surface area contributed by atoms with Crippen LogP contribution in [0.15, 0.2) is 169 Å². The second-order valence-corrected chi connectivity index (χ2v) is 58.1. The van der Waals surface area contributed by atoms with E-state index in [0.717, 1.165) is 51.3 Å². The zero-order valence-corrected chi connectivity index (χ0v) is 93.5. The number of rotatable bonds is 31. The fourth-order valence-electron chi connectivity index (χ4n) is 16.3. The number of aromatic nitrogens is 8. The Morgan fingerprint density at radius 1 is 0.462 bits per heavy atom. The molecule has 17 rings (SSSR count). The molecule has 4 aromatic heterocycles. The van der Waals surface area contributed by atoms with Crippen molar-refractivity contribution in [2.45, 2.75) is 298 Å². The number of phosphoric ester groups is 4. The van der Waals surface area contributed by atoms with Crippen molar-refractivity contribution in [3.05, 3.63) is 201 Å². The van der Waals surface area contributed by atoms with E-state index in [2.05, 4.69) is 107 Å². The molecular formula is C94H124F2N10O27P4S8. The number of nitrogens with two attached hydrogens (primary N) is 1. The maximum absolute atomic E-state index is 15.9. The standard InChI is InChI=1S/C24H31FNO8PS2.C24H32N5O6PS2.C23H30FN2O6PS2.C23H31N2O7PS2/c1-23(2,10-12-27)37-36-19-7-5-4-6-16(19)9-13-31-35(30)32-15-18-21(34-35)24(3,25)22(33-18)26-11-8-17(28)14-20(26)29;1-14-27-20(25)18-21(28-14)29(13-26-18)22-24(5,30)19-16(34-22)12-33-36(31,35-19)32-11-10-15-8-6-7-9-17(15)37-38-23(2,3)4;1-15-10-12-26(21(27)25-15)20-23(5,24)19-17(31-20)14-30-33(28,32-19)29-13-11-16-8-6-7-9-18(16)34-35-22(2,3)4;1-15-10-12-25(21(26)24-15)20-23(5,27)19-17(31-20)14-30-33(28,32-19)29-13-11-16-8-6-7-9-18(16)34-35-22(2,3)4/h4-8,11,18,21-22,27H,9-10,12-15H2,1-3H3;6-9,13,16,19,22,30H,10-12H2,1-5H3,(H2,25,27,28);6-10,12,17,19-20H,11,13-14H2,1-5H3;6-10,12,17,19-20,27H,11,13-14H2,1-5H3/t18-,21-,22-,24-,35?;16-,19-,22-,24-,36?;2*17-,19-,20-,23-,33?/m1111/s1. The molecule has 8 aromatic rings. The van der Waals surface area contributed by atoms with Crippen molar-refractivity contribution in [1.82, 2.24) is 43.5 Å². The molecule has 1 amide bonds. The number of ether oxygens (including phenoxy) is 4. The van der Waals surface area contributed by atoms with Crippen LogP contribution >= 0.6 is 118 Å². The lowest BCUT2D eigenvalue weighted by atomic mass is 9.96. The Bertz CT molecular complexity index is 6120. The molecular weight excluding hydrogens is 2120 g/mol. The van der Waals surface area contributed by atoms with Gasteiger partial charge in [-0.3, -0.25) is 82.5 Å². The number of allylic oxidation sites excluding steroid dienone is 1. The number of alkyl halides is 2. The largest absolute Gasteiger partial charge is 0.475 e. The second-order valence-electron chi connectivity index (χ2n) is 39.7. The Morgan fingerprint density at radius 2 is 0.800 bits per heavy atom. The first-order valence-corrected chi connectivity index (χ1v) is 61.2. The molecule has 4 aromatic carbocycles. The first-order chi connectivity index (χ1) is 68.1. The number of carbonyl (C=O) groups is 2. The highest BCUT2D eigenvalue weighted by atomic mass is 33.1. The van der Waals surface area contributed by atoms with Crippen molar-refractivity contribution in [2.75, 3.05) is 65.2 Å². The molecule has 0 radical (unpaired) electrons. The van der Waals surface area contributed by atoms with Gasteiger partial charge in [-0.1, -0.05) is 221 Å². The molecule has 794 valence electrons. The van der Waals surface area contributed by atoms with Crippen LogP contribution in [0.1, 0.15) is 175 Å². The number of benzene rings is 4. The van der Waals surface area contributed by atoms with Crippen molar-refractivity contribution >= 4 is 146 Å². The third kappa shape index (κ3) is 29.0. The van der Waals surface area contributed by atoms with Crippen LogP contribution in [-0.2, 0) is 127 Å². The number of halogens is 2. The van der Waals surface area contributed by atoms with E-state index < -0.39 is 145 Å². The number of anilines is 1. The highest BCUT2D eigenvalue weighted by molar-refractivity contribution is 8.78. The van der Waals surface area contributed by atoms with Crippen LogP contribution in [0.5, 0.6) is 0 Å². The lowest BCUT2D eigenvalue weighted by Gasteiger charge is -2.35. The number of fused-ring (bicyclic) bond motifs is 5. The summed E-state index contributed by atoms with van der Waals surface area (Å²) in [6.07, 6.45) is -3.27. The van der Waals surface area contributed by atoms with E-state index in [1.807, 2.05) is 91.0 Å². The number of hydrogen-bond acceptors (Lipinski definition) is 41. The summed E-state index contributed by atoms with van der Waals surface area (Å²) in [6, 6.07) is 35.0. The number of aryl methyl sites for hydroxylation is 3. The highest BCUT2D eigenvalue weighted by Crippen LogP contribution is 2.64. The van der Waals surface area contributed by atoms with Crippen LogP contribution in [-0.4, -0.2) is 227 Å². The maximum atomic E-state index is 15.9. The smallest absolute Gasteiger partial charge is 0.396 e. The van der Waals surface area contributed by atoms with Crippen molar-refractivity contribution < 1.29 is 125 Å². The minimum Gasteiger partial charge on any atom is -0.396 e. The van der Waals surface area contributed by atoms with E-state index in [1.165, 1.54) is 56.3 Å². The molecule has 5 N–H and O–H groups in total. The number of hydrogen-bond donors (Lipinski definition) is 4. The Kier molecular flexibility index (Phi) is 37.6. The molecule has 37 nitrogen and oxygen atoms in total. The predicted octanol–water partition coefficient (Wildman–Crippen LogP) is 19.1. The van der Waals surface area contributed by atoms with E-state index in [4.69, 9.17) is 79.0 Å². The summed E-state index contributed by atoms with van der Waals surface area (Å²) < 4.78 is 179. The first kappa shape index (κ1) is 115. The Hall–Kier alpha value is -5.31. The zero-order chi connectivity index (χ0) is 105. The normalized spacial score (nSPS) is 30.8. The lowest BCUT2D eigenvalue weighted by molar-refractivity contribution is -0.150. The SMILES string of the molecule is CC(C)(CCO)SSc1ccccc1CCOP1(=O)OC[C@H]2O[C@@H](N3C=CC(=O)CC3=O)[C@](C)(F)[C@@H]2O1.Cc1ccn([C@@H]2O[C@@H]3COP(=O)(OCCc4ccccc4SSC(C)(C)C)O[C@H]3[C@@]2(C)F)c(=O)n1.Cc1ccn([C@@H]2O[C@@H]3COP(=O)(OCCc4ccccc4SSC(C)(C)C)O[C@H]3[C@@]2(C)O)c(=O)n1.Cc1nc(N)c2ncn([C@@H]3O[C@@H]4COP(=O)(OCCc5ccccc5SSC(C)(C)C)O[C@H]4[C@@]3(C)O)c2n1. The highest BCUT2D eigenvalue weighted by Gasteiger charge is 2.66. The molecule has 8 saturated heterocycles. The molecule has 4 unspecified atom stereocenters. The average Bonchev–Trinajstić information content (AvgIpc) is 1.58. The molecule has 0 bridgehead atoms. The number of carbonyl (C=O) groups excluding carboxylic acids is 2. The van der Waals surface area contributed by atoms with Gasteiger partial charge in [0.1, 0.15) is 71.4 Å². The van der Waals surface area contributed by atoms with Crippen molar-refractivity contribution in [2.24, 2.45) is 0 Å². The van der Waals surface area contributed by atoms with Crippen molar-refractivity contribution in [3.8, 4) is 0 Å². The topological polar surface area (TPSA) is 453 Å². The molecule has 9 aliphatic heterocycles. The quantitative estimate of drug-likeness (QED) is 0.0178. The number of imidazole rings is 1. The summed E-state index contributed by atoms with van der Waals surface area (Å²) in [4.78, 5) is 74.4. The van der Waals surface area contributed by atoms with Crippen LogP contribution < -0.4 is 17.1 Å². The molecule has 145 heavy (non-hydrogen) atoms. The molecule has 0 spiro atoms. The fourth-order valence-corrected chi connectivity index (χ4v) is 31.5. The molecule has 9 aliphatic rings. The maximum Gasteiger partial charge on any atom is 0.475 e. The number of aliphatic hydroxyl groups excluding tert-OH is 1. The van der Waals surface area contributed by atoms with Gasteiger partial charge < -0.3 is 40.0 Å². The van der Waals surface area contributed by atoms with Gasteiger partial charge in [-0.25, -0.2) is 51.6 Å². The number of nitrogen functional groups attached to an aromatic ring is 1. The van der Waals surface area contributed by atoms with Crippen LogP contribution in [0, 0.1) is 20.8 Å². The lowest BCUT2D eigenvalue weighted by Crippen LogP contribution is -2.52. The van der Waals surface area contributed by atoms with Crippen LogP contribution in [0.25, 0.3) is 11.2 Å². The van der Waals surface area contributed by atoms with E-state index >= 15 is 8.78 Å². The second kappa shape index (κ2) is 47.3. The number of phosphoric acid groups is 4. The van der Waals surface area contributed by atoms with Crippen LogP contribution in [0.2, 0.25) is 0 Å². The van der Waals surface area contributed by atoms with E-state index in [0.29, 0.717) is 60.5 Å².